The lowest BCUT2D eigenvalue weighted by Gasteiger charge is -1.98. The summed E-state index contributed by atoms with van der Waals surface area (Å²) in [5.41, 5.74) is 0. The minimum absolute atomic E-state index is 0.248. The van der Waals surface area contributed by atoms with Gasteiger partial charge in [-0.3, -0.25) is 9.48 Å². The summed E-state index contributed by atoms with van der Waals surface area (Å²) in [7, 11) is 0. The van der Waals surface area contributed by atoms with Crippen LogP contribution in [0.25, 0.3) is 0 Å². The maximum absolute atomic E-state index is 10.2. The number of halogens is 1. The van der Waals surface area contributed by atoms with Gasteiger partial charge in [-0.1, -0.05) is 0 Å². The zero-order chi connectivity index (χ0) is 9.68. The number of carboxylic acid groups (broad SMARTS) is 1. The molecule has 0 saturated heterocycles. The standard InChI is InChI=1S/C8H11IN2O2/c9-7-4-6-11(10-7)5-2-1-3-8(12)13/h4,6H,1-3,5H2,(H,12,13). The number of aryl methyl sites for hydroxylation is 1. The molecule has 0 unspecified atom stereocenters. The van der Waals surface area contributed by atoms with E-state index in [0.717, 1.165) is 16.7 Å². The Balaban J connectivity index is 2.16. The topological polar surface area (TPSA) is 55.1 Å². The molecule has 0 spiro atoms. The quantitative estimate of drug-likeness (QED) is 0.665. The summed E-state index contributed by atoms with van der Waals surface area (Å²) in [4.78, 5) is 10.2. The molecular formula is C8H11IN2O2. The molecule has 1 aromatic heterocycles. The minimum atomic E-state index is -0.727. The number of rotatable bonds is 5. The number of carbonyl (C=O) groups is 1. The Bertz CT molecular complexity index is 285. The number of aromatic nitrogens is 2. The van der Waals surface area contributed by atoms with Gasteiger partial charge in [0, 0.05) is 19.2 Å². The maximum atomic E-state index is 10.2. The predicted octanol–water partition coefficient (Wildman–Crippen LogP) is 1.74. The lowest BCUT2D eigenvalue weighted by atomic mass is 10.2. The van der Waals surface area contributed by atoms with E-state index in [1.165, 1.54) is 0 Å². The van der Waals surface area contributed by atoms with Crippen molar-refractivity contribution in [3.05, 3.63) is 16.0 Å². The van der Waals surface area contributed by atoms with Gasteiger partial charge in [-0.25, -0.2) is 0 Å². The molecule has 1 heterocycles. The lowest BCUT2D eigenvalue weighted by molar-refractivity contribution is -0.137. The molecule has 0 aliphatic rings. The SMILES string of the molecule is O=C(O)CCCCn1ccc(I)n1. The summed E-state index contributed by atoms with van der Waals surface area (Å²) < 4.78 is 2.81. The van der Waals surface area contributed by atoms with Crippen LogP contribution in [0.4, 0.5) is 0 Å². The Morgan fingerprint density at radius 2 is 2.38 bits per heavy atom. The first kappa shape index (κ1) is 10.5. The molecule has 1 N–H and O–H groups in total. The number of unbranched alkanes of at least 4 members (excludes halogenated alkanes) is 1. The molecule has 0 aromatic carbocycles. The van der Waals surface area contributed by atoms with Crippen LogP contribution in [0.15, 0.2) is 12.3 Å². The summed E-state index contributed by atoms with van der Waals surface area (Å²) in [5, 5.41) is 12.6. The first-order valence-corrected chi connectivity index (χ1v) is 5.17. The summed E-state index contributed by atoms with van der Waals surface area (Å²) >= 11 is 2.15. The monoisotopic (exact) mass is 294 g/mol. The van der Waals surface area contributed by atoms with Crippen molar-refractivity contribution < 1.29 is 9.90 Å². The molecule has 13 heavy (non-hydrogen) atoms. The van der Waals surface area contributed by atoms with Crippen LogP contribution in [0.2, 0.25) is 0 Å². The Morgan fingerprint density at radius 3 is 2.92 bits per heavy atom. The molecule has 0 radical (unpaired) electrons. The summed E-state index contributed by atoms with van der Waals surface area (Å²) in [6.07, 6.45) is 3.73. The van der Waals surface area contributed by atoms with Crippen LogP contribution in [0.3, 0.4) is 0 Å². The average Bonchev–Trinajstić information content (AvgIpc) is 2.45. The highest BCUT2D eigenvalue weighted by Crippen LogP contribution is 2.02. The fraction of sp³-hybridized carbons (Fsp3) is 0.500. The second-order valence-corrected chi connectivity index (χ2v) is 3.86. The summed E-state index contributed by atoms with van der Waals surface area (Å²) in [5.74, 6) is -0.727. The third-order valence-electron chi connectivity index (χ3n) is 1.64. The van der Waals surface area contributed by atoms with E-state index in [9.17, 15) is 4.79 Å². The molecule has 4 nitrogen and oxygen atoms in total. The molecule has 0 aliphatic carbocycles. The second-order valence-electron chi connectivity index (χ2n) is 2.75. The van der Waals surface area contributed by atoms with Crippen molar-refractivity contribution in [2.75, 3.05) is 0 Å². The fourth-order valence-corrected chi connectivity index (χ4v) is 1.45. The van der Waals surface area contributed by atoms with Gasteiger partial charge >= 0.3 is 5.97 Å². The van der Waals surface area contributed by atoms with Crippen LogP contribution in [-0.4, -0.2) is 20.9 Å². The summed E-state index contributed by atoms with van der Waals surface area (Å²) in [6.45, 7) is 0.802. The van der Waals surface area contributed by atoms with Gasteiger partial charge in [0.2, 0.25) is 0 Å². The van der Waals surface area contributed by atoms with Gasteiger partial charge in [-0.2, -0.15) is 5.10 Å². The highest BCUT2D eigenvalue weighted by molar-refractivity contribution is 14.1. The number of carboxylic acids is 1. The molecule has 72 valence electrons. The molecule has 0 bridgehead atoms. The van der Waals surface area contributed by atoms with Gasteiger partial charge in [-0.05, 0) is 41.5 Å². The van der Waals surface area contributed by atoms with E-state index >= 15 is 0 Å². The van der Waals surface area contributed by atoms with E-state index in [-0.39, 0.29) is 6.42 Å². The van der Waals surface area contributed by atoms with Crippen molar-refractivity contribution in [2.24, 2.45) is 0 Å². The van der Waals surface area contributed by atoms with Crippen LogP contribution in [-0.2, 0) is 11.3 Å². The first-order chi connectivity index (χ1) is 6.18. The van der Waals surface area contributed by atoms with Crippen molar-refractivity contribution in [2.45, 2.75) is 25.8 Å². The van der Waals surface area contributed by atoms with E-state index in [1.807, 2.05) is 16.9 Å². The fourth-order valence-electron chi connectivity index (χ4n) is 1.01. The van der Waals surface area contributed by atoms with Crippen molar-refractivity contribution in [3.8, 4) is 0 Å². The molecule has 0 saturated carbocycles. The van der Waals surface area contributed by atoms with Crippen molar-refractivity contribution in [1.29, 1.82) is 0 Å². The van der Waals surface area contributed by atoms with Gasteiger partial charge < -0.3 is 5.11 Å². The van der Waals surface area contributed by atoms with Crippen LogP contribution in [0.1, 0.15) is 19.3 Å². The molecule has 1 aromatic rings. The van der Waals surface area contributed by atoms with Crippen molar-refractivity contribution in [1.82, 2.24) is 9.78 Å². The predicted molar refractivity (Wildman–Crippen MR) is 56.4 cm³/mol. The zero-order valence-electron chi connectivity index (χ0n) is 7.11. The number of nitrogens with zero attached hydrogens (tertiary/aromatic N) is 2. The third kappa shape index (κ3) is 4.25. The molecule has 0 atom stereocenters. The van der Waals surface area contributed by atoms with Gasteiger partial charge in [-0.15, -0.1) is 0 Å². The van der Waals surface area contributed by atoms with Crippen LogP contribution < -0.4 is 0 Å². The van der Waals surface area contributed by atoms with E-state index < -0.39 is 5.97 Å². The smallest absolute Gasteiger partial charge is 0.303 e. The van der Waals surface area contributed by atoms with Gasteiger partial charge in [0.1, 0.15) is 3.70 Å². The molecule has 5 heteroatoms. The Labute approximate surface area is 90.1 Å². The first-order valence-electron chi connectivity index (χ1n) is 4.09. The zero-order valence-corrected chi connectivity index (χ0v) is 9.27. The van der Waals surface area contributed by atoms with E-state index in [1.54, 1.807) is 0 Å². The molecule has 1 rings (SSSR count). The second kappa shape index (κ2) is 5.21. The number of aliphatic carboxylic acids is 1. The normalized spacial score (nSPS) is 10.2. The largest absolute Gasteiger partial charge is 0.481 e. The van der Waals surface area contributed by atoms with E-state index in [0.29, 0.717) is 6.42 Å². The number of hydrogen-bond acceptors (Lipinski definition) is 2. The molecule has 0 amide bonds. The van der Waals surface area contributed by atoms with Gasteiger partial charge in [0.15, 0.2) is 0 Å². The molecular weight excluding hydrogens is 283 g/mol. The Morgan fingerprint density at radius 1 is 1.62 bits per heavy atom. The highest BCUT2D eigenvalue weighted by Gasteiger charge is 1.98. The Kier molecular flexibility index (Phi) is 4.20. The van der Waals surface area contributed by atoms with Crippen LogP contribution in [0, 0.1) is 3.70 Å². The molecule has 0 aliphatic heterocycles. The van der Waals surface area contributed by atoms with Crippen LogP contribution in [0.5, 0.6) is 0 Å². The van der Waals surface area contributed by atoms with E-state index in [4.69, 9.17) is 5.11 Å². The molecule has 0 fully saturated rings. The lowest BCUT2D eigenvalue weighted by Crippen LogP contribution is -2.00. The number of hydrogen-bond donors (Lipinski definition) is 1. The summed E-state index contributed by atoms with van der Waals surface area (Å²) in [6, 6.07) is 1.93. The van der Waals surface area contributed by atoms with E-state index in [2.05, 4.69) is 27.7 Å². The minimum Gasteiger partial charge on any atom is -0.481 e. The van der Waals surface area contributed by atoms with Crippen molar-refractivity contribution >= 4 is 28.6 Å². The van der Waals surface area contributed by atoms with Gasteiger partial charge in [0.25, 0.3) is 0 Å². The van der Waals surface area contributed by atoms with Gasteiger partial charge in [0.05, 0.1) is 0 Å². The van der Waals surface area contributed by atoms with Crippen molar-refractivity contribution in [3.63, 3.8) is 0 Å². The maximum Gasteiger partial charge on any atom is 0.303 e. The highest BCUT2D eigenvalue weighted by atomic mass is 127. The third-order valence-corrected chi connectivity index (χ3v) is 2.21. The average molecular weight is 294 g/mol. The Hall–Kier alpha value is -0.590. The van der Waals surface area contributed by atoms with Crippen LogP contribution >= 0.6 is 22.6 Å².